The molecule has 78 valence electrons. The highest BCUT2D eigenvalue weighted by molar-refractivity contribution is 4.66. The molecule has 0 aromatic heterocycles. The minimum atomic E-state index is 0.579. The van der Waals surface area contributed by atoms with Gasteiger partial charge in [-0.2, -0.15) is 0 Å². The number of ether oxygens (including phenoxy) is 1. The van der Waals surface area contributed by atoms with Gasteiger partial charge in [-0.05, 0) is 18.8 Å². The Bertz CT molecular complexity index is 119. The van der Waals surface area contributed by atoms with E-state index in [1.165, 1.54) is 25.7 Å². The van der Waals surface area contributed by atoms with Crippen molar-refractivity contribution < 1.29 is 4.74 Å². The van der Waals surface area contributed by atoms with Crippen LogP contribution in [0.5, 0.6) is 0 Å². The Kier molecular flexibility index (Phi) is 5.40. The summed E-state index contributed by atoms with van der Waals surface area (Å²) >= 11 is 0. The average Bonchev–Trinajstić information content (AvgIpc) is 2.55. The maximum absolute atomic E-state index is 5.61. The third-order valence-electron chi connectivity index (χ3n) is 2.63. The summed E-state index contributed by atoms with van der Waals surface area (Å²) in [6.45, 7) is 7.17. The fourth-order valence-corrected chi connectivity index (χ4v) is 1.85. The molecular formula is C11H23NO. The van der Waals surface area contributed by atoms with Crippen molar-refractivity contribution in [3.8, 4) is 0 Å². The lowest BCUT2D eigenvalue weighted by atomic mass is 10.1. The van der Waals surface area contributed by atoms with Crippen LogP contribution in [0, 0.1) is 5.92 Å². The van der Waals surface area contributed by atoms with E-state index in [1.54, 1.807) is 0 Å². The molecule has 1 fully saturated rings. The number of hydrogen-bond donors (Lipinski definition) is 1. The zero-order valence-electron chi connectivity index (χ0n) is 9.01. The summed E-state index contributed by atoms with van der Waals surface area (Å²) in [5.41, 5.74) is 0. The van der Waals surface area contributed by atoms with Crippen LogP contribution in [0.3, 0.4) is 0 Å². The fourth-order valence-electron chi connectivity index (χ4n) is 1.85. The van der Waals surface area contributed by atoms with Crippen LogP contribution in [-0.2, 0) is 4.74 Å². The highest BCUT2D eigenvalue weighted by atomic mass is 16.5. The monoisotopic (exact) mass is 185 g/mol. The Balaban J connectivity index is 1.83. The van der Waals surface area contributed by atoms with E-state index in [9.17, 15) is 0 Å². The summed E-state index contributed by atoms with van der Waals surface area (Å²) in [5, 5.41) is 3.35. The van der Waals surface area contributed by atoms with Gasteiger partial charge in [0.15, 0.2) is 0 Å². The third-order valence-corrected chi connectivity index (χ3v) is 2.63. The quantitative estimate of drug-likeness (QED) is 0.640. The Labute approximate surface area is 82.0 Å². The molecule has 1 aliphatic rings. The molecule has 0 unspecified atom stereocenters. The topological polar surface area (TPSA) is 21.3 Å². The second-order valence-corrected chi connectivity index (χ2v) is 4.33. The first-order valence-corrected chi connectivity index (χ1v) is 5.60. The second-order valence-electron chi connectivity index (χ2n) is 4.33. The molecule has 0 bridgehead atoms. The summed E-state index contributed by atoms with van der Waals surface area (Å²) in [4.78, 5) is 0. The van der Waals surface area contributed by atoms with Gasteiger partial charge in [0.1, 0.15) is 0 Å². The molecule has 0 heterocycles. The lowest BCUT2D eigenvalue weighted by Gasteiger charge is -2.11. The molecule has 1 rings (SSSR count). The van der Waals surface area contributed by atoms with Crippen molar-refractivity contribution in [3.05, 3.63) is 0 Å². The SMILES string of the molecule is CC(C)NCCOCC1CCCC1. The normalized spacial score (nSPS) is 18.7. The maximum Gasteiger partial charge on any atom is 0.0591 e. The molecule has 0 aromatic rings. The predicted octanol–water partition coefficient (Wildman–Crippen LogP) is 2.19. The molecule has 1 saturated carbocycles. The van der Waals surface area contributed by atoms with Gasteiger partial charge >= 0.3 is 0 Å². The molecule has 1 aliphatic carbocycles. The number of nitrogens with one attached hydrogen (secondary N) is 1. The first-order valence-electron chi connectivity index (χ1n) is 5.60. The van der Waals surface area contributed by atoms with Crippen molar-refractivity contribution in [2.45, 2.75) is 45.6 Å². The average molecular weight is 185 g/mol. The maximum atomic E-state index is 5.61. The van der Waals surface area contributed by atoms with Gasteiger partial charge in [-0.25, -0.2) is 0 Å². The molecule has 0 atom stereocenters. The Morgan fingerprint density at radius 1 is 1.31 bits per heavy atom. The molecule has 0 saturated heterocycles. The molecule has 2 nitrogen and oxygen atoms in total. The largest absolute Gasteiger partial charge is 0.380 e. The standard InChI is InChI=1S/C11H23NO/c1-10(2)12-7-8-13-9-11-5-3-4-6-11/h10-12H,3-9H2,1-2H3. The Morgan fingerprint density at radius 2 is 2.00 bits per heavy atom. The van der Waals surface area contributed by atoms with Crippen LogP contribution in [0.25, 0.3) is 0 Å². The first-order chi connectivity index (χ1) is 6.29. The molecule has 0 amide bonds. The molecule has 0 aromatic carbocycles. The highest BCUT2D eigenvalue weighted by Crippen LogP contribution is 2.24. The number of rotatable bonds is 6. The van der Waals surface area contributed by atoms with Gasteiger partial charge < -0.3 is 10.1 Å². The minimum absolute atomic E-state index is 0.579. The molecule has 0 radical (unpaired) electrons. The van der Waals surface area contributed by atoms with Crippen molar-refractivity contribution in [1.82, 2.24) is 5.32 Å². The van der Waals surface area contributed by atoms with E-state index in [1.807, 2.05) is 0 Å². The van der Waals surface area contributed by atoms with E-state index in [-0.39, 0.29) is 0 Å². The van der Waals surface area contributed by atoms with Gasteiger partial charge in [-0.3, -0.25) is 0 Å². The molecule has 13 heavy (non-hydrogen) atoms. The first kappa shape index (κ1) is 11.0. The van der Waals surface area contributed by atoms with Gasteiger partial charge in [0.05, 0.1) is 6.61 Å². The third kappa shape index (κ3) is 5.27. The van der Waals surface area contributed by atoms with Crippen molar-refractivity contribution in [3.63, 3.8) is 0 Å². The van der Waals surface area contributed by atoms with E-state index in [0.29, 0.717) is 6.04 Å². The molecular weight excluding hydrogens is 162 g/mol. The summed E-state index contributed by atoms with van der Waals surface area (Å²) in [6.07, 6.45) is 5.60. The van der Waals surface area contributed by atoms with Gasteiger partial charge in [-0.15, -0.1) is 0 Å². The van der Waals surface area contributed by atoms with Crippen molar-refractivity contribution in [2.24, 2.45) is 5.92 Å². The summed E-state index contributed by atoms with van der Waals surface area (Å²) < 4.78 is 5.61. The van der Waals surface area contributed by atoms with Gasteiger partial charge in [0.25, 0.3) is 0 Å². The fraction of sp³-hybridized carbons (Fsp3) is 1.00. The van der Waals surface area contributed by atoms with Crippen LogP contribution in [0.2, 0.25) is 0 Å². The van der Waals surface area contributed by atoms with Crippen LogP contribution >= 0.6 is 0 Å². The molecule has 0 spiro atoms. The van der Waals surface area contributed by atoms with E-state index in [2.05, 4.69) is 19.2 Å². The minimum Gasteiger partial charge on any atom is -0.380 e. The van der Waals surface area contributed by atoms with Crippen LogP contribution < -0.4 is 5.32 Å². The van der Waals surface area contributed by atoms with Gasteiger partial charge in [0, 0.05) is 19.2 Å². The zero-order chi connectivity index (χ0) is 9.52. The van der Waals surface area contributed by atoms with Crippen molar-refractivity contribution >= 4 is 0 Å². The smallest absolute Gasteiger partial charge is 0.0591 e. The van der Waals surface area contributed by atoms with Gasteiger partial charge in [-0.1, -0.05) is 26.7 Å². The van der Waals surface area contributed by atoms with Crippen LogP contribution in [-0.4, -0.2) is 25.8 Å². The van der Waals surface area contributed by atoms with Crippen LogP contribution in [0.1, 0.15) is 39.5 Å². The lowest BCUT2D eigenvalue weighted by Crippen LogP contribution is -2.27. The highest BCUT2D eigenvalue weighted by Gasteiger charge is 2.14. The predicted molar refractivity (Wildman–Crippen MR) is 55.9 cm³/mol. The van der Waals surface area contributed by atoms with E-state index < -0.39 is 0 Å². The molecule has 2 heteroatoms. The van der Waals surface area contributed by atoms with Crippen LogP contribution in [0.4, 0.5) is 0 Å². The molecule has 0 aliphatic heterocycles. The Hall–Kier alpha value is -0.0800. The van der Waals surface area contributed by atoms with E-state index >= 15 is 0 Å². The van der Waals surface area contributed by atoms with Crippen LogP contribution in [0.15, 0.2) is 0 Å². The van der Waals surface area contributed by atoms with Gasteiger partial charge in [0.2, 0.25) is 0 Å². The zero-order valence-corrected chi connectivity index (χ0v) is 9.01. The van der Waals surface area contributed by atoms with E-state index in [4.69, 9.17) is 4.74 Å². The molecule has 1 N–H and O–H groups in total. The lowest BCUT2D eigenvalue weighted by molar-refractivity contribution is 0.102. The van der Waals surface area contributed by atoms with Crippen molar-refractivity contribution in [1.29, 1.82) is 0 Å². The summed E-state index contributed by atoms with van der Waals surface area (Å²) in [5.74, 6) is 0.860. The summed E-state index contributed by atoms with van der Waals surface area (Å²) in [7, 11) is 0. The second kappa shape index (κ2) is 6.39. The Morgan fingerprint density at radius 3 is 2.62 bits per heavy atom. The van der Waals surface area contributed by atoms with E-state index in [0.717, 1.165) is 25.7 Å². The summed E-state index contributed by atoms with van der Waals surface area (Å²) in [6, 6.07) is 0.579. The number of hydrogen-bond acceptors (Lipinski definition) is 2. The van der Waals surface area contributed by atoms with Crippen molar-refractivity contribution in [2.75, 3.05) is 19.8 Å².